The molecule has 0 radical (unpaired) electrons. The number of H-pyrrole nitrogens is 1. The summed E-state index contributed by atoms with van der Waals surface area (Å²) < 4.78 is 9.68. The van der Waals surface area contributed by atoms with Gasteiger partial charge in [0.25, 0.3) is 0 Å². The van der Waals surface area contributed by atoms with Crippen molar-refractivity contribution in [2.45, 2.75) is 26.7 Å². The van der Waals surface area contributed by atoms with E-state index in [0.717, 1.165) is 0 Å². The fourth-order valence-electron chi connectivity index (χ4n) is 1.75. The lowest BCUT2D eigenvalue weighted by molar-refractivity contribution is 0.0494. The van der Waals surface area contributed by atoms with Gasteiger partial charge < -0.3 is 14.5 Å². The van der Waals surface area contributed by atoms with Crippen LogP contribution in [0.1, 0.15) is 44.9 Å². The SMILES string of the molecule is COC(=O)c1c(C)[nH]c(C(=O)OCCCC#N)c1C. The number of carbonyl (C=O) groups is 2. The van der Waals surface area contributed by atoms with Crippen molar-refractivity contribution in [2.24, 2.45) is 0 Å². The number of hydrogen-bond donors (Lipinski definition) is 1. The molecular weight excluding hydrogens is 248 g/mol. The minimum atomic E-state index is -0.534. The first kappa shape index (κ1) is 14.8. The molecule has 0 amide bonds. The molecule has 1 heterocycles. The molecule has 0 saturated carbocycles. The molecule has 0 atom stereocenters. The summed E-state index contributed by atoms with van der Waals surface area (Å²) in [4.78, 5) is 26.2. The fourth-order valence-corrected chi connectivity index (χ4v) is 1.75. The molecule has 0 bridgehead atoms. The zero-order valence-corrected chi connectivity index (χ0v) is 11.2. The number of esters is 2. The minimum absolute atomic E-state index is 0.178. The van der Waals surface area contributed by atoms with Crippen molar-refractivity contribution in [1.29, 1.82) is 5.26 Å². The predicted molar refractivity (Wildman–Crippen MR) is 66.7 cm³/mol. The Kier molecular flexibility index (Phi) is 5.12. The van der Waals surface area contributed by atoms with Crippen molar-refractivity contribution in [2.75, 3.05) is 13.7 Å². The highest BCUT2D eigenvalue weighted by atomic mass is 16.5. The van der Waals surface area contributed by atoms with Crippen LogP contribution >= 0.6 is 0 Å². The van der Waals surface area contributed by atoms with Gasteiger partial charge in [-0.3, -0.25) is 0 Å². The van der Waals surface area contributed by atoms with Gasteiger partial charge in [-0.2, -0.15) is 5.26 Å². The van der Waals surface area contributed by atoms with Crippen LogP contribution in [-0.4, -0.2) is 30.6 Å². The minimum Gasteiger partial charge on any atom is -0.465 e. The van der Waals surface area contributed by atoms with Crippen molar-refractivity contribution < 1.29 is 19.1 Å². The van der Waals surface area contributed by atoms with E-state index in [9.17, 15) is 9.59 Å². The van der Waals surface area contributed by atoms with E-state index in [2.05, 4.69) is 9.72 Å². The summed E-state index contributed by atoms with van der Waals surface area (Å²) in [5.74, 6) is -1.02. The molecule has 0 aliphatic carbocycles. The molecule has 1 rings (SSSR count). The molecule has 0 fully saturated rings. The Morgan fingerprint density at radius 3 is 2.58 bits per heavy atom. The monoisotopic (exact) mass is 264 g/mol. The number of hydrogen-bond acceptors (Lipinski definition) is 5. The zero-order valence-electron chi connectivity index (χ0n) is 11.2. The van der Waals surface area contributed by atoms with Gasteiger partial charge in [0.05, 0.1) is 25.3 Å². The zero-order chi connectivity index (χ0) is 14.4. The van der Waals surface area contributed by atoms with E-state index in [1.807, 2.05) is 6.07 Å². The molecule has 0 aromatic carbocycles. The van der Waals surface area contributed by atoms with Gasteiger partial charge in [-0.25, -0.2) is 9.59 Å². The van der Waals surface area contributed by atoms with Crippen LogP contribution in [0.15, 0.2) is 0 Å². The van der Waals surface area contributed by atoms with Gasteiger partial charge in [-0.05, 0) is 25.8 Å². The van der Waals surface area contributed by atoms with Gasteiger partial charge in [-0.15, -0.1) is 0 Å². The lowest BCUT2D eigenvalue weighted by atomic mass is 10.1. The molecule has 0 aliphatic heterocycles. The second kappa shape index (κ2) is 6.59. The third-order valence-electron chi connectivity index (χ3n) is 2.70. The van der Waals surface area contributed by atoms with E-state index in [4.69, 9.17) is 10.00 Å². The van der Waals surface area contributed by atoms with Crippen LogP contribution in [0.5, 0.6) is 0 Å². The summed E-state index contributed by atoms with van der Waals surface area (Å²) >= 11 is 0. The average Bonchev–Trinajstić information content (AvgIpc) is 2.69. The summed E-state index contributed by atoms with van der Waals surface area (Å²) in [6.45, 7) is 3.52. The molecule has 1 aromatic heterocycles. The van der Waals surface area contributed by atoms with E-state index in [0.29, 0.717) is 29.7 Å². The summed E-state index contributed by atoms with van der Waals surface area (Å²) in [6, 6.07) is 1.97. The van der Waals surface area contributed by atoms with Crippen molar-refractivity contribution in [3.63, 3.8) is 0 Å². The van der Waals surface area contributed by atoms with Crippen LogP contribution in [0, 0.1) is 25.2 Å². The van der Waals surface area contributed by atoms with Gasteiger partial charge >= 0.3 is 11.9 Å². The smallest absolute Gasteiger partial charge is 0.355 e. The van der Waals surface area contributed by atoms with Crippen LogP contribution in [0.4, 0.5) is 0 Å². The van der Waals surface area contributed by atoms with E-state index >= 15 is 0 Å². The van der Waals surface area contributed by atoms with Crippen LogP contribution in [-0.2, 0) is 9.47 Å². The molecule has 1 N–H and O–H groups in total. The lowest BCUT2D eigenvalue weighted by Gasteiger charge is -2.03. The van der Waals surface area contributed by atoms with Gasteiger partial charge in [0.2, 0.25) is 0 Å². The van der Waals surface area contributed by atoms with Crippen molar-refractivity contribution in [3.05, 3.63) is 22.5 Å². The first-order valence-corrected chi connectivity index (χ1v) is 5.84. The second-order valence-electron chi connectivity index (χ2n) is 4.01. The highest BCUT2D eigenvalue weighted by Gasteiger charge is 2.23. The Morgan fingerprint density at radius 1 is 1.32 bits per heavy atom. The molecule has 6 nitrogen and oxygen atoms in total. The molecule has 19 heavy (non-hydrogen) atoms. The molecule has 102 valence electrons. The Morgan fingerprint density at radius 2 is 2.00 bits per heavy atom. The summed E-state index contributed by atoms with van der Waals surface area (Å²) in [6.07, 6.45) is 0.828. The summed E-state index contributed by atoms with van der Waals surface area (Å²) in [5.41, 5.74) is 1.67. The maximum Gasteiger partial charge on any atom is 0.355 e. The predicted octanol–water partition coefficient (Wildman–Crippen LogP) is 1.88. The van der Waals surface area contributed by atoms with E-state index in [-0.39, 0.29) is 12.3 Å². The highest BCUT2D eigenvalue weighted by molar-refractivity contribution is 5.98. The molecular formula is C13H16N2O4. The van der Waals surface area contributed by atoms with Crippen LogP contribution in [0.3, 0.4) is 0 Å². The first-order valence-electron chi connectivity index (χ1n) is 5.84. The number of unbranched alkanes of at least 4 members (excludes halogenated alkanes) is 1. The molecule has 0 saturated heterocycles. The number of carbonyl (C=O) groups excluding carboxylic acids is 2. The highest BCUT2D eigenvalue weighted by Crippen LogP contribution is 2.19. The first-order chi connectivity index (χ1) is 9.02. The molecule has 1 aromatic rings. The third-order valence-corrected chi connectivity index (χ3v) is 2.70. The summed E-state index contributed by atoms with van der Waals surface area (Å²) in [7, 11) is 1.29. The second-order valence-corrected chi connectivity index (χ2v) is 4.01. The number of methoxy groups -OCH3 is 1. The number of aromatic nitrogens is 1. The van der Waals surface area contributed by atoms with Gasteiger partial charge in [0.1, 0.15) is 5.69 Å². The number of nitriles is 1. The molecule has 0 unspecified atom stereocenters. The number of ether oxygens (including phenoxy) is 2. The molecule has 6 heteroatoms. The van der Waals surface area contributed by atoms with Crippen molar-refractivity contribution in [1.82, 2.24) is 4.98 Å². The maximum atomic E-state index is 11.8. The van der Waals surface area contributed by atoms with Gasteiger partial charge in [-0.1, -0.05) is 0 Å². The Hall–Kier alpha value is -2.29. The topological polar surface area (TPSA) is 92.2 Å². The third kappa shape index (κ3) is 3.35. The van der Waals surface area contributed by atoms with Crippen LogP contribution in [0.25, 0.3) is 0 Å². The standard InChI is InChI=1S/C13H16N2O4/c1-8-10(12(16)18-3)9(2)15-11(8)13(17)19-7-5-4-6-14/h15H,4-5,7H2,1-3H3. The number of rotatable bonds is 5. The van der Waals surface area contributed by atoms with Gasteiger partial charge in [0.15, 0.2) is 0 Å². The van der Waals surface area contributed by atoms with Crippen molar-refractivity contribution >= 4 is 11.9 Å². The fraction of sp³-hybridized carbons (Fsp3) is 0.462. The number of aromatic amines is 1. The average molecular weight is 264 g/mol. The van der Waals surface area contributed by atoms with Crippen LogP contribution in [0.2, 0.25) is 0 Å². The molecule has 0 aliphatic rings. The number of aryl methyl sites for hydroxylation is 1. The summed E-state index contributed by atoms with van der Waals surface area (Å²) in [5, 5.41) is 8.37. The number of nitrogens with zero attached hydrogens (tertiary/aromatic N) is 1. The quantitative estimate of drug-likeness (QED) is 0.647. The van der Waals surface area contributed by atoms with Crippen molar-refractivity contribution in [3.8, 4) is 6.07 Å². The Balaban J connectivity index is 2.82. The molecule has 0 spiro atoms. The largest absolute Gasteiger partial charge is 0.465 e. The Bertz CT molecular complexity index is 525. The van der Waals surface area contributed by atoms with Crippen LogP contribution < -0.4 is 0 Å². The normalized spacial score (nSPS) is 9.79. The van der Waals surface area contributed by atoms with Gasteiger partial charge in [0, 0.05) is 12.1 Å². The van der Waals surface area contributed by atoms with E-state index in [1.165, 1.54) is 7.11 Å². The maximum absolute atomic E-state index is 11.8. The lowest BCUT2D eigenvalue weighted by Crippen LogP contribution is -2.09. The number of nitrogens with one attached hydrogen (secondary N) is 1. The van der Waals surface area contributed by atoms with E-state index < -0.39 is 11.9 Å². The van der Waals surface area contributed by atoms with E-state index in [1.54, 1.807) is 13.8 Å². The Labute approximate surface area is 111 Å².